The largest absolute Gasteiger partial charge is 0.490 e. The molecule has 0 aromatic heterocycles. The number of aliphatic hydroxyl groups excluding tert-OH is 1. The zero-order chi connectivity index (χ0) is 21.5. The smallest absolute Gasteiger partial charge is 0.387 e. The Morgan fingerprint density at radius 1 is 0.857 bits per heavy atom. The van der Waals surface area contributed by atoms with Crippen LogP contribution < -0.4 is 0 Å². The van der Waals surface area contributed by atoms with Gasteiger partial charge in [0.2, 0.25) is 0 Å². The average molecular weight is 494 g/mol. The molecule has 0 bridgehead atoms. The van der Waals surface area contributed by atoms with Crippen LogP contribution in [0.5, 0.6) is 0 Å². The van der Waals surface area contributed by atoms with Crippen molar-refractivity contribution in [2.45, 2.75) is 37.3 Å². The van der Waals surface area contributed by atoms with Crippen molar-refractivity contribution in [1.82, 2.24) is 0 Å². The van der Waals surface area contributed by atoms with Gasteiger partial charge in [-0.3, -0.25) is 9.05 Å². The number of ether oxygens (including phenoxy) is 1. The van der Waals surface area contributed by atoms with Crippen molar-refractivity contribution in [2.75, 3.05) is 6.61 Å². The first-order chi connectivity index (χ1) is 12.5. The summed E-state index contributed by atoms with van der Waals surface area (Å²) in [6, 6.07) is 0. The fraction of sp³-hybridized carbons (Fsp3) is 1.00. The molecule has 0 radical (unpaired) electrons. The first-order valence-electron chi connectivity index (χ1n) is 7.34. The van der Waals surface area contributed by atoms with Crippen LogP contribution >= 0.6 is 31.3 Å². The van der Waals surface area contributed by atoms with Crippen LogP contribution in [0, 0.1) is 5.92 Å². The number of phosphoric ester groups is 2. The van der Waals surface area contributed by atoms with Crippen LogP contribution in [0.15, 0.2) is 0 Å². The van der Waals surface area contributed by atoms with Crippen molar-refractivity contribution in [3.05, 3.63) is 0 Å². The molecule has 16 nitrogen and oxygen atoms in total. The van der Waals surface area contributed by atoms with Crippen molar-refractivity contribution in [1.29, 1.82) is 0 Å². The monoisotopic (exact) mass is 494 g/mol. The van der Waals surface area contributed by atoms with E-state index in [2.05, 4.69) is 17.7 Å². The van der Waals surface area contributed by atoms with E-state index in [9.17, 15) is 28.3 Å². The zero-order valence-electron chi connectivity index (χ0n) is 13.6. The van der Waals surface area contributed by atoms with Crippen LogP contribution in [0.25, 0.3) is 0 Å². The molecule has 1 saturated carbocycles. The van der Waals surface area contributed by atoms with Crippen LogP contribution in [0.2, 0.25) is 0 Å². The maximum Gasteiger partial charge on any atom is 0.490 e. The van der Waals surface area contributed by atoms with Gasteiger partial charge >= 0.3 is 31.3 Å². The van der Waals surface area contributed by atoms with Crippen LogP contribution in [-0.4, -0.2) is 65.5 Å². The molecule has 20 heteroatoms. The summed E-state index contributed by atoms with van der Waals surface area (Å²) in [5, 5.41) is 10.1. The normalized spacial score (nSPS) is 33.4. The highest BCUT2D eigenvalue weighted by atomic mass is 31.3. The third-order valence-corrected chi connectivity index (χ3v) is 7.86. The van der Waals surface area contributed by atoms with Crippen molar-refractivity contribution in [2.24, 2.45) is 5.92 Å². The van der Waals surface area contributed by atoms with Gasteiger partial charge < -0.3 is 39.2 Å². The molecule has 2 fully saturated rings. The highest BCUT2D eigenvalue weighted by molar-refractivity contribution is 7.66. The van der Waals surface area contributed by atoms with Gasteiger partial charge in [0, 0.05) is 0 Å². The van der Waals surface area contributed by atoms with Gasteiger partial charge in [0.25, 0.3) is 0 Å². The van der Waals surface area contributed by atoms with Crippen LogP contribution in [-0.2, 0) is 40.7 Å². The van der Waals surface area contributed by atoms with Crippen molar-refractivity contribution in [3.63, 3.8) is 0 Å². The second kappa shape index (κ2) is 8.52. The second-order valence-corrected chi connectivity index (χ2v) is 11.5. The minimum Gasteiger partial charge on any atom is -0.387 e. The fourth-order valence-electron chi connectivity index (χ4n) is 2.46. The molecular formula is C8H18O16P4. The number of rotatable bonds is 10. The standard InChI is InChI=1S/C8H18O16P4/c9-6-5(21-7(4-1-2-4)8(6)22-25(10,11)12)3-20-27(16,17)24-28(18,19)23-26(13,14)15/h4-9H,1-3H2,(H,16,17)(H,18,19)(H2,10,11,12)(H2,13,14,15)/t5?,6?,7-,8?/m0/s1. The van der Waals surface area contributed by atoms with Gasteiger partial charge in [-0.15, -0.1) is 0 Å². The zero-order valence-corrected chi connectivity index (χ0v) is 17.2. The average Bonchev–Trinajstić information content (AvgIpc) is 3.20. The van der Waals surface area contributed by atoms with Gasteiger partial charge in [0.1, 0.15) is 18.3 Å². The Kier molecular flexibility index (Phi) is 7.52. The van der Waals surface area contributed by atoms with Crippen molar-refractivity contribution < 1.29 is 75.1 Å². The summed E-state index contributed by atoms with van der Waals surface area (Å²) in [7, 11) is -21.7. The van der Waals surface area contributed by atoms with E-state index in [-0.39, 0.29) is 5.92 Å². The molecule has 1 heterocycles. The molecular weight excluding hydrogens is 476 g/mol. The maximum atomic E-state index is 11.7. The molecule has 166 valence electrons. The topological polar surface area (TPSA) is 256 Å². The summed E-state index contributed by atoms with van der Waals surface area (Å²) in [5.41, 5.74) is 0. The van der Waals surface area contributed by atoms with E-state index < -0.39 is 62.3 Å². The molecule has 28 heavy (non-hydrogen) atoms. The second-order valence-electron chi connectivity index (χ2n) is 5.91. The van der Waals surface area contributed by atoms with Gasteiger partial charge in [-0.05, 0) is 18.8 Å². The Morgan fingerprint density at radius 2 is 1.43 bits per heavy atom. The Bertz CT molecular complexity index is 752. The summed E-state index contributed by atoms with van der Waals surface area (Å²) in [6.07, 6.45) is -4.31. The lowest BCUT2D eigenvalue weighted by Gasteiger charge is -2.21. The van der Waals surface area contributed by atoms with Gasteiger partial charge in [0.05, 0.1) is 12.7 Å². The molecule has 0 aromatic rings. The lowest BCUT2D eigenvalue weighted by Crippen LogP contribution is -2.36. The number of phosphoric acid groups is 4. The third kappa shape index (κ3) is 7.93. The quantitative estimate of drug-likeness (QED) is 0.186. The summed E-state index contributed by atoms with van der Waals surface area (Å²) in [4.78, 5) is 53.2. The van der Waals surface area contributed by atoms with Crippen LogP contribution in [0.4, 0.5) is 0 Å². The molecule has 7 N–H and O–H groups in total. The highest BCUT2D eigenvalue weighted by Crippen LogP contribution is 2.66. The minimum atomic E-state index is -5.70. The molecule has 2 aliphatic rings. The predicted molar refractivity (Wildman–Crippen MR) is 84.1 cm³/mol. The summed E-state index contributed by atoms with van der Waals surface area (Å²) >= 11 is 0. The molecule has 1 aliphatic carbocycles. The minimum absolute atomic E-state index is 0.178. The van der Waals surface area contributed by atoms with Crippen molar-refractivity contribution >= 4 is 31.3 Å². The molecule has 6 atom stereocenters. The van der Waals surface area contributed by atoms with E-state index in [0.29, 0.717) is 12.8 Å². The van der Waals surface area contributed by atoms with E-state index in [0.717, 1.165) is 0 Å². The lowest BCUT2D eigenvalue weighted by molar-refractivity contribution is -0.0278. The summed E-state index contributed by atoms with van der Waals surface area (Å²) in [5.74, 6) is -0.178. The third-order valence-electron chi connectivity index (χ3n) is 3.54. The highest BCUT2D eigenvalue weighted by Gasteiger charge is 2.53. The van der Waals surface area contributed by atoms with Crippen LogP contribution in [0.3, 0.4) is 0 Å². The number of hydrogen-bond donors (Lipinski definition) is 7. The molecule has 1 saturated heterocycles. The van der Waals surface area contributed by atoms with E-state index in [1.807, 2.05) is 0 Å². The van der Waals surface area contributed by atoms with Gasteiger partial charge in [-0.25, -0.2) is 18.3 Å². The first-order valence-corrected chi connectivity index (χ1v) is 13.4. The molecule has 0 spiro atoms. The van der Waals surface area contributed by atoms with E-state index in [1.54, 1.807) is 0 Å². The maximum absolute atomic E-state index is 11.7. The van der Waals surface area contributed by atoms with E-state index in [4.69, 9.17) is 29.2 Å². The van der Waals surface area contributed by atoms with Crippen molar-refractivity contribution in [3.8, 4) is 0 Å². The Labute approximate surface area is 157 Å². The fourth-order valence-corrected chi connectivity index (χ4v) is 6.05. The Balaban J connectivity index is 1.99. The van der Waals surface area contributed by atoms with Gasteiger partial charge in [-0.1, -0.05) is 0 Å². The number of aliphatic hydroxyl groups is 1. The van der Waals surface area contributed by atoms with Gasteiger partial charge in [-0.2, -0.15) is 8.62 Å². The first kappa shape index (κ1) is 24.7. The molecule has 0 aromatic carbocycles. The summed E-state index contributed by atoms with van der Waals surface area (Å²) < 4.78 is 65.7. The molecule has 1 aliphatic heterocycles. The van der Waals surface area contributed by atoms with Crippen LogP contribution in [0.1, 0.15) is 12.8 Å². The Hall–Kier alpha value is 0.440. The van der Waals surface area contributed by atoms with E-state index in [1.165, 1.54) is 0 Å². The molecule has 2 rings (SSSR count). The predicted octanol–water partition coefficient (Wildman–Crippen LogP) is -0.654. The summed E-state index contributed by atoms with van der Waals surface area (Å²) in [6.45, 7) is -0.963. The number of hydrogen-bond acceptors (Lipinski definition) is 10. The molecule has 0 amide bonds. The van der Waals surface area contributed by atoms with E-state index >= 15 is 0 Å². The van der Waals surface area contributed by atoms with Gasteiger partial charge in [0.15, 0.2) is 0 Å². The molecule has 5 unspecified atom stereocenters. The lowest BCUT2D eigenvalue weighted by atomic mass is 10.1. The Morgan fingerprint density at radius 3 is 1.89 bits per heavy atom. The SMILES string of the molecule is O=P(O)(O)OC1C(O)C(COP(=O)(O)OP(=O)(O)OP(=O)(O)O)O[C@H]1C1CC1.